The van der Waals surface area contributed by atoms with Crippen molar-refractivity contribution < 1.29 is 13.9 Å². The lowest BCUT2D eigenvalue weighted by Gasteiger charge is -2.35. The fourth-order valence-corrected chi connectivity index (χ4v) is 2.30. The summed E-state index contributed by atoms with van der Waals surface area (Å²) in [4.78, 5) is 12.3. The van der Waals surface area contributed by atoms with Crippen LogP contribution in [0.1, 0.15) is 30.1 Å². The first-order valence-electron chi connectivity index (χ1n) is 6.41. The van der Waals surface area contributed by atoms with E-state index in [-0.39, 0.29) is 29.4 Å². The molecule has 0 radical (unpaired) electrons. The smallest absolute Gasteiger partial charge is 0.255 e. The number of benzene rings is 1. The van der Waals surface area contributed by atoms with Gasteiger partial charge < -0.3 is 15.4 Å². The Morgan fingerprint density at radius 2 is 2.05 bits per heavy atom. The van der Waals surface area contributed by atoms with Crippen molar-refractivity contribution in [3.8, 4) is 5.75 Å². The number of amides is 1. The van der Waals surface area contributed by atoms with Gasteiger partial charge in [0.1, 0.15) is 11.6 Å². The summed E-state index contributed by atoms with van der Waals surface area (Å²) in [6.45, 7) is 3.76. The van der Waals surface area contributed by atoms with Crippen LogP contribution in [-0.4, -0.2) is 31.6 Å². The molecule has 1 aliphatic heterocycles. The van der Waals surface area contributed by atoms with Gasteiger partial charge in [-0.15, -0.1) is 12.4 Å². The number of halogens is 2. The van der Waals surface area contributed by atoms with Crippen molar-refractivity contribution in [3.63, 3.8) is 0 Å². The first kappa shape index (κ1) is 16.7. The highest BCUT2D eigenvalue weighted by atomic mass is 35.5. The number of hydrogen-bond acceptors (Lipinski definition) is 3. The molecule has 0 bridgehead atoms. The summed E-state index contributed by atoms with van der Waals surface area (Å²) in [5.41, 5.74) is -0.0121. The minimum atomic E-state index is -0.443. The molecule has 1 fully saturated rings. The van der Waals surface area contributed by atoms with Crippen LogP contribution in [0.15, 0.2) is 18.2 Å². The summed E-state index contributed by atoms with van der Waals surface area (Å²) in [6, 6.07) is 3.95. The van der Waals surface area contributed by atoms with Gasteiger partial charge in [0.25, 0.3) is 5.91 Å². The molecule has 0 aliphatic carbocycles. The highest BCUT2D eigenvalue weighted by molar-refractivity contribution is 5.97. The van der Waals surface area contributed by atoms with Gasteiger partial charge in [0.05, 0.1) is 12.7 Å². The van der Waals surface area contributed by atoms with Crippen LogP contribution >= 0.6 is 12.4 Å². The molecule has 0 saturated carbocycles. The summed E-state index contributed by atoms with van der Waals surface area (Å²) in [7, 11) is 1.47. The Hall–Kier alpha value is -1.33. The SMILES string of the molecule is COc1ccc(F)cc1C(=O)NC1(C)CCNCC1.Cl. The minimum absolute atomic E-state index is 0. The maximum Gasteiger partial charge on any atom is 0.255 e. The van der Waals surface area contributed by atoms with Crippen molar-refractivity contribution >= 4 is 18.3 Å². The van der Waals surface area contributed by atoms with E-state index < -0.39 is 5.82 Å². The molecule has 1 saturated heterocycles. The molecule has 112 valence electrons. The molecule has 1 aliphatic rings. The average molecular weight is 303 g/mol. The Morgan fingerprint density at radius 1 is 1.40 bits per heavy atom. The van der Waals surface area contributed by atoms with E-state index in [1.165, 1.54) is 25.3 Å². The van der Waals surface area contributed by atoms with Crippen LogP contribution in [0.2, 0.25) is 0 Å². The monoisotopic (exact) mass is 302 g/mol. The molecular formula is C14H20ClFN2O2. The summed E-state index contributed by atoms with van der Waals surface area (Å²) in [6.07, 6.45) is 1.72. The first-order valence-corrected chi connectivity index (χ1v) is 6.41. The van der Waals surface area contributed by atoms with Crippen LogP contribution in [0.3, 0.4) is 0 Å². The number of hydrogen-bond donors (Lipinski definition) is 2. The minimum Gasteiger partial charge on any atom is -0.496 e. The van der Waals surface area contributed by atoms with E-state index in [2.05, 4.69) is 10.6 Å². The van der Waals surface area contributed by atoms with E-state index in [1.54, 1.807) is 0 Å². The number of nitrogens with one attached hydrogen (secondary N) is 2. The zero-order chi connectivity index (χ0) is 13.9. The Morgan fingerprint density at radius 3 is 2.65 bits per heavy atom. The third-order valence-electron chi connectivity index (χ3n) is 3.53. The second-order valence-corrected chi connectivity index (χ2v) is 5.11. The molecule has 0 atom stereocenters. The number of ether oxygens (including phenoxy) is 1. The summed E-state index contributed by atoms with van der Waals surface area (Å²) in [5.74, 6) is -0.349. The molecule has 20 heavy (non-hydrogen) atoms. The highest BCUT2D eigenvalue weighted by Gasteiger charge is 2.29. The third-order valence-corrected chi connectivity index (χ3v) is 3.53. The molecule has 0 spiro atoms. The lowest BCUT2D eigenvalue weighted by molar-refractivity contribution is 0.0884. The quantitative estimate of drug-likeness (QED) is 0.899. The molecule has 1 amide bonds. The number of piperidine rings is 1. The van der Waals surface area contributed by atoms with E-state index in [1.807, 2.05) is 6.92 Å². The molecule has 6 heteroatoms. The lowest BCUT2D eigenvalue weighted by Crippen LogP contribution is -2.52. The van der Waals surface area contributed by atoms with E-state index >= 15 is 0 Å². The van der Waals surface area contributed by atoms with Crippen LogP contribution in [0.5, 0.6) is 5.75 Å². The van der Waals surface area contributed by atoms with Gasteiger partial charge in [-0.2, -0.15) is 0 Å². The zero-order valence-corrected chi connectivity index (χ0v) is 12.5. The number of rotatable bonds is 3. The molecule has 0 unspecified atom stereocenters. The van der Waals surface area contributed by atoms with Crippen molar-refractivity contribution in [2.24, 2.45) is 0 Å². The number of carbonyl (C=O) groups excluding carboxylic acids is 1. The van der Waals surface area contributed by atoms with Gasteiger partial charge in [-0.05, 0) is 51.1 Å². The summed E-state index contributed by atoms with van der Waals surface area (Å²) in [5, 5.41) is 6.24. The van der Waals surface area contributed by atoms with Crippen LogP contribution < -0.4 is 15.4 Å². The lowest BCUT2D eigenvalue weighted by atomic mass is 9.90. The van der Waals surface area contributed by atoms with Crippen molar-refractivity contribution in [1.82, 2.24) is 10.6 Å². The molecular weight excluding hydrogens is 283 g/mol. The van der Waals surface area contributed by atoms with Gasteiger partial charge in [0, 0.05) is 5.54 Å². The van der Waals surface area contributed by atoms with E-state index in [0.717, 1.165) is 25.9 Å². The molecule has 0 aromatic heterocycles. The van der Waals surface area contributed by atoms with E-state index in [0.29, 0.717) is 5.75 Å². The van der Waals surface area contributed by atoms with E-state index in [9.17, 15) is 9.18 Å². The number of carbonyl (C=O) groups is 1. The maximum absolute atomic E-state index is 13.3. The Balaban J connectivity index is 0.00000200. The number of methoxy groups -OCH3 is 1. The Kier molecular flexibility index (Phi) is 5.77. The molecule has 2 rings (SSSR count). The van der Waals surface area contributed by atoms with Gasteiger partial charge in [0.2, 0.25) is 0 Å². The standard InChI is InChI=1S/C14H19FN2O2.ClH/c1-14(5-7-16-8-6-14)17-13(18)11-9-10(15)3-4-12(11)19-2;/h3-4,9,16H,5-8H2,1-2H3,(H,17,18);1H. The van der Waals surface area contributed by atoms with Crippen LogP contribution in [0.25, 0.3) is 0 Å². The molecule has 1 heterocycles. The fourth-order valence-electron chi connectivity index (χ4n) is 2.30. The molecule has 1 aromatic rings. The second kappa shape index (κ2) is 6.90. The van der Waals surface area contributed by atoms with Crippen LogP contribution in [-0.2, 0) is 0 Å². The van der Waals surface area contributed by atoms with Crippen molar-refractivity contribution in [2.45, 2.75) is 25.3 Å². The van der Waals surface area contributed by atoms with E-state index in [4.69, 9.17) is 4.74 Å². The summed E-state index contributed by atoms with van der Waals surface area (Å²) < 4.78 is 18.4. The Bertz CT molecular complexity index is 476. The van der Waals surface area contributed by atoms with Crippen molar-refractivity contribution in [1.29, 1.82) is 0 Å². The largest absolute Gasteiger partial charge is 0.496 e. The van der Waals surface area contributed by atoms with Crippen molar-refractivity contribution in [3.05, 3.63) is 29.6 Å². The maximum atomic E-state index is 13.3. The topological polar surface area (TPSA) is 50.4 Å². The highest BCUT2D eigenvalue weighted by Crippen LogP contribution is 2.22. The van der Waals surface area contributed by atoms with Gasteiger partial charge >= 0.3 is 0 Å². The van der Waals surface area contributed by atoms with Gasteiger partial charge in [-0.25, -0.2) is 4.39 Å². The van der Waals surface area contributed by atoms with Crippen LogP contribution in [0.4, 0.5) is 4.39 Å². The van der Waals surface area contributed by atoms with Gasteiger partial charge in [-0.3, -0.25) is 4.79 Å². The molecule has 4 nitrogen and oxygen atoms in total. The summed E-state index contributed by atoms with van der Waals surface area (Å²) >= 11 is 0. The predicted octanol–water partition coefficient (Wildman–Crippen LogP) is 2.13. The van der Waals surface area contributed by atoms with Crippen molar-refractivity contribution in [2.75, 3.05) is 20.2 Å². The van der Waals surface area contributed by atoms with Gasteiger partial charge in [0.15, 0.2) is 0 Å². The second-order valence-electron chi connectivity index (χ2n) is 5.11. The average Bonchev–Trinajstić information content (AvgIpc) is 2.39. The van der Waals surface area contributed by atoms with Crippen LogP contribution in [0, 0.1) is 5.82 Å². The zero-order valence-electron chi connectivity index (χ0n) is 11.7. The third kappa shape index (κ3) is 3.84. The van der Waals surface area contributed by atoms with Gasteiger partial charge in [-0.1, -0.05) is 0 Å². The fraction of sp³-hybridized carbons (Fsp3) is 0.500. The normalized spacial score (nSPS) is 16.9. The molecule has 1 aromatic carbocycles. The first-order chi connectivity index (χ1) is 9.04. The predicted molar refractivity (Wildman–Crippen MR) is 78.2 cm³/mol. The molecule has 2 N–H and O–H groups in total. The Labute approximate surface area is 124 Å².